The van der Waals surface area contributed by atoms with Gasteiger partial charge in [-0.2, -0.15) is 0 Å². The molecular formula is C25H28N2O4. The zero-order valence-electron chi connectivity index (χ0n) is 17.6. The second-order valence-electron chi connectivity index (χ2n) is 8.61. The number of benzene rings is 2. The number of nitrogens with zero attached hydrogens (tertiary/aromatic N) is 1. The molecule has 3 atom stereocenters. The fourth-order valence-electron chi connectivity index (χ4n) is 5.02. The van der Waals surface area contributed by atoms with Gasteiger partial charge in [0.1, 0.15) is 12.7 Å². The van der Waals surface area contributed by atoms with Gasteiger partial charge >= 0.3 is 0 Å². The van der Waals surface area contributed by atoms with Crippen molar-refractivity contribution in [1.29, 1.82) is 0 Å². The average molecular weight is 421 g/mol. The van der Waals surface area contributed by atoms with Gasteiger partial charge in [0.25, 0.3) is 0 Å². The molecule has 0 radical (unpaired) electrons. The first kappa shape index (κ1) is 19.9. The number of amides is 2. The van der Waals surface area contributed by atoms with Crippen LogP contribution in [0.15, 0.2) is 48.5 Å². The molecule has 6 nitrogen and oxygen atoms in total. The van der Waals surface area contributed by atoms with Gasteiger partial charge in [-0.1, -0.05) is 43.2 Å². The molecule has 162 valence electrons. The third-order valence-electron chi connectivity index (χ3n) is 6.64. The number of anilines is 1. The van der Waals surface area contributed by atoms with E-state index >= 15 is 0 Å². The molecule has 2 aliphatic heterocycles. The Morgan fingerprint density at radius 1 is 0.968 bits per heavy atom. The molecule has 5 rings (SSSR count). The summed E-state index contributed by atoms with van der Waals surface area (Å²) in [5.41, 5.74) is 2.21. The third-order valence-corrected chi connectivity index (χ3v) is 6.64. The van der Waals surface area contributed by atoms with Crippen molar-refractivity contribution in [2.45, 2.75) is 38.2 Å². The minimum Gasteiger partial charge on any atom is -0.486 e. The standard InChI is InChI=1S/C25H28N2O4/c28-24(26-15-18-16-30-22-11-5-6-12-23(22)31-18)19-8-2-3-9-20(19)25(29)27-14-13-17-7-1-4-10-21(17)27/h1,4-7,10-12,18-20H,2-3,8-9,13-16H2,(H,26,28). The lowest BCUT2D eigenvalue weighted by molar-refractivity contribution is -0.135. The van der Waals surface area contributed by atoms with Crippen molar-refractivity contribution >= 4 is 17.5 Å². The summed E-state index contributed by atoms with van der Waals surface area (Å²) in [6.45, 7) is 1.47. The van der Waals surface area contributed by atoms with Gasteiger partial charge < -0.3 is 19.7 Å². The van der Waals surface area contributed by atoms with Gasteiger partial charge in [0, 0.05) is 18.2 Å². The Bertz CT molecular complexity index is 975. The second kappa shape index (κ2) is 8.61. The summed E-state index contributed by atoms with van der Waals surface area (Å²) in [6, 6.07) is 15.6. The predicted octanol–water partition coefficient (Wildman–Crippen LogP) is 3.34. The lowest BCUT2D eigenvalue weighted by Gasteiger charge is -2.33. The molecule has 0 saturated heterocycles. The maximum atomic E-state index is 13.4. The van der Waals surface area contributed by atoms with Gasteiger partial charge in [0.2, 0.25) is 11.8 Å². The summed E-state index contributed by atoms with van der Waals surface area (Å²) in [4.78, 5) is 28.4. The van der Waals surface area contributed by atoms with Gasteiger partial charge in [-0.15, -0.1) is 0 Å². The van der Waals surface area contributed by atoms with Crippen molar-refractivity contribution in [2.75, 3.05) is 24.6 Å². The molecule has 3 aliphatic rings. The Labute approximate surface area is 182 Å². The quantitative estimate of drug-likeness (QED) is 0.824. The number of hydrogen-bond acceptors (Lipinski definition) is 4. The number of rotatable bonds is 4. The second-order valence-corrected chi connectivity index (χ2v) is 8.61. The van der Waals surface area contributed by atoms with Crippen molar-refractivity contribution < 1.29 is 19.1 Å². The molecule has 0 bridgehead atoms. The molecule has 1 N–H and O–H groups in total. The molecule has 0 spiro atoms. The van der Waals surface area contributed by atoms with Crippen LogP contribution >= 0.6 is 0 Å². The van der Waals surface area contributed by atoms with Crippen LogP contribution in [0.2, 0.25) is 0 Å². The van der Waals surface area contributed by atoms with Crippen LogP contribution in [-0.4, -0.2) is 37.6 Å². The van der Waals surface area contributed by atoms with E-state index in [9.17, 15) is 9.59 Å². The minimum absolute atomic E-state index is 0.0482. The van der Waals surface area contributed by atoms with E-state index in [0.29, 0.717) is 25.4 Å². The summed E-state index contributed by atoms with van der Waals surface area (Å²) in [6.07, 6.45) is 4.14. The molecular weight excluding hydrogens is 392 g/mol. The van der Waals surface area contributed by atoms with Crippen molar-refractivity contribution in [3.05, 3.63) is 54.1 Å². The zero-order valence-corrected chi connectivity index (χ0v) is 17.6. The SMILES string of the molecule is O=C(NCC1COc2ccccc2O1)C1CCCCC1C(=O)N1CCc2ccccc21. The van der Waals surface area contributed by atoms with Gasteiger partial charge in [-0.3, -0.25) is 9.59 Å². The van der Waals surface area contributed by atoms with Crippen molar-refractivity contribution in [3.63, 3.8) is 0 Å². The molecule has 2 heterocycles. The lowest BCUT2D eigenvalue weighted by atomic mass is 9.77. The van der Waals surface area contributed by atoms with Crippen molar-refractivity contribution in [3.8, 4) is 11.5 Å². The molecule has 6 heteroatoms. The fourth-order valence-corrected chi connectivity index (χ4v) is 5.02. The van der Waals surface area contributed by atoms with Crippen LogP contribution in [0.4, 0.5) is 5.69 Å². The Morgan fingerprint density at radius 2 is 1.71 bits per heavy atom. The van der Waals surface area contributed by atoms with Gasteiger partial charge in [-0.05, 0) is 43.0 Å². The number of ether oxygens (including phenoxy) is 2. The number of hydrogen-bond donors (Lipinski definition) is 1. The number of para-hydroxylation sites is 3. The molecule has 1 aliphatic carbocycles. The van der Waals surface area contributed by atoms with E-state index in [2.05, 4.69) is 11.4 Å². The smallest absolute Gasteiger partial charge is 0.230 e. The Morgan fingerprint density at radius 3 is 2.58 bits per heavy atom. The molecule has 2 amide bonds. The first-order valence-corrected chi connectivity index (χ1v) is 11.3. The van der Waals surface area contributed by atoms with E-state index < -0.39 is 0 Å². The third kappa shape index (κ3) is 3.99. The number of carbonyl (C=O) groups excluding carboxylic acids is 2. The van der Waals surface area contributed by atoms with Crippen LogP contribution in [0.3, 0.4) is 0 Å². The summed E-state index contributed by atoms with van der Waals surface area (Å²) < 4.78 is 11.7. The first-order valence-electron chi connectivity index (χ1n) is 11.3. The van der Waals surface area contributed by atoms with Crippen LogP contribution in [0.1, 0.15) is 31.2 Å². The summed E-state index contributed by atoms with van der Waals surface area (Å²) >= 11 is 0. The highest BCUT2D eigenvalue weighted by Crippen LogP contribution is 2.36. The molecule has 0 aromatic heterocycles. The zero-order chi connectivity index (χ0) is 21.2. The maximum absolute atomic E-state index is 13.4. The van der Waals surface area contributed by atoms with Crippen molar-refractivity contribution in [1.82, 2.24) is 5.32 Å². The highest BCUT2D eigenvalue weighted by molar-refractivity contribution is 5.99. The molecule has 1 fully saturated rings. The monoisotopic (exact) mass is 420 g/mol. The van der Waals surface area contributed by atoms with E-state index in [0.717, 1.165) is 43.5 Å². The molecule has 31 heavy (non-hydrogen) atoms. The maximum Gasteiger partial charge on any atom is 0.230 e. The van der Waals surface area contributed by atoms with Crippen LogP contribution in [0.25, 0.3) is 0 Å². The highest BCUT2D eigenvalue weighted by atomic mass is 16.6. The van der Waals surface area contributed by atoms with Crippen LogP contribution in [0, 0.1) is 11.8 Å². The summed E-state index contributed by atoms with van der Waals surface area (Å²) in [5.74, 6) is 0.930. The Hall–Kier alpha value is -3.02. The van der Waals surface area contributed by atoms with E-state index in [1.54, 1.807) is 0 Å². The molecule has 2 aromatic carbocycles. The van der Waals surface area contributed by atoms with Gasteiger partial charge in [-0.25, -0.2) is 0 Å². The predicted molar refractivity (Wildman–Crippen MR) is 117 cm³/mol. The van der Waals surface area contributed by atoms with Crippen molar-refractivity contribution in [2.24, 2.45) is 11.8 Å². The largest absolute Gasteiger partial charge is 0.486 e. The minimum atomic E-state index is -0.286. The lowest BCUT2D eigenvalue weighted by Crippen LogP contribution is -2.48. The molecule has 1 saturated carbocycles. The summed E-state index contributed by atoms with van der Waals surface area (Å²) in [5, 5.41) is 3.03. The van der Waals surface area contributed by atoms with E-state index in [1.165, 1.54) is 5.56 Å². The van der Waals surface area contributed by atoms with Crippen LogP contribution in [0.5, 0.6) is 11.5 Å². The van der Waals surface area contributed by atoms with E-state index in [1.807, 2.05) is 47.4 Å². The molecule has 2 aromatic rings. The number of nitrogens with one attached hydrogen (secondary N) is 1. The normalized spacial score (nSPS) is 24.4. The molecule has 3 unspecified atom stereocenters. The van der Waals surface area contributed by atoms with E-state index in [-0.39, 0.29) is 29.8 Å². The fraction of sp³-hybridized carbons (Fsp3) is 0.440. The summed E-state index contributed by atoms with van der Waals surface area (Å²) in [7, 11) is 0. The van der Waals surface area contributed by atoms with Gasteiger partial charge in [0.05, 0.1) is 12.5 Å². The number of carbonyl (C=O) groups is 2. The Kier molecular flexibility index (Phi) is 5.53. The van der Waals surface area contributed by atoms with Gasteiger partial charge in [0.15, 0.2) is 11.5 Å². The van der Waals surface area contributed by atoms with E-state index in [4.69, 9.17) is 9.47 Å². The van der Waals surface area contributed by atoms with Crippen LogP contribution in [-0.2, 0) is 16.0 Å². The highest BCUT2D eigenvalue weighted by Gasteiger charge is 2.39. The average Bonchev–Trinajstić information content (AvgIpc) is 3.26. The van der Waals surface area contributed by atoms with Crippen LogP contribution < -0.4 is 19.7 Å². The number of fused-ring (bicyclic) bond motifs is 2. The topological polar surface area (TPSA) is 67.9 Å². The Balaban J connectivity index is 1.22. The first-order chi connectivity index (χ1) is 15.2.